The van der Waals surface area contributed by atoms with E-state index < -0.39 is 5.82 Å². The number of carbonyl (C=O) groups is 1. The Morgan fingerprint density at radius 1 is 1.30 bits per heavy atom. The molecule has 1 amide bonds. The molecule has 0 aliphatic carbocycles. The van der Waals surface area contributed by atoms with Crippen LogP contribution in [0.25, 0.3) is 10.2 Å². The predicted octanol–water partition coefficient (Wildman–Crippen LogP) is 5.35. The number of hydrogen-bond acceptors (Lipinski definition) is 4. The Labute approximate surface area is 161 Å². The van der Waals surface area contributed by atoms with Gasteiger partial charge in [-0.15, -0.1) is 11.3 Å². The first kappa shape index (κ1) is 19.0. The van der Waals surface area contributed by atoms with Crippen LogP contribution in [0.2, 0.25) is 0 Å². The van der Waals surface area contributed by atoms with Gasteiger partial charge in [0.15, 0.2) is 11.6 Å². The van der Waals surface area contributed by atoms with Gasteiger partial charge in [0, 0.05) is 11.3 Å². The lowest BCUT2D eigenvalue weighted by Crippen LogP contribution is -2.15. The number of nitrogens with zero attached hydrogens (tertiary/aromatic N) is 1. The van der Waals surface area contributed by atoms with Crippen molar-refractivity contribution in [3.63, 3.8) is 0 Å². The topological polar surface area (TPSA) is 51.2 Å². The maximum absolute atomic E-state index is 14.6. The zero-order valence-corrected chi connectivity index (χ0v) is 15.9. The summed E-state index contributed by atoms with van der Waals surface area (Å²) in [6, 6.07) is 10.4. The molecule has 0 saturated carbocycles. The highest BCUT2D eigenvalue weighted by atomic mass is 32.1. The smallest absolute Gasteiger partial charge is 0.228 e. The van der Waals surface area contributed by atoms with Crippen LogP contribution in [0.4, 0.5) is 10.1 Å². The molecule has 140 valence electrons. The van der Waals surface area contributed by atoms with E-state index in [9.17, 15) is 9.18 Å². The number of thiazole rings is 1. The molecule has 0 spiro atoms. The van der Waals surface area contributed by atoms with Crippen molar-refractivity contribution in [3.05, 3.63) is 65.4 Å². The molecule has 6 heteroatoms. The van der Waals surface area contributed by atoms with Gasteiger partial charge in [0.25, 0.3) is 0 Å². The Hall–Kier alpha value is -2.73. The minimum atomic E-state index is -0.491. The third-order valence-electron chi connectivity index (χ3n) is 3.97. The number of allylic oxidation sites excluding steroid dienone is 1. The van der Waals surface area contributed by atoms with Crippen LogP contribution in [0.3, 0.4) is 0 Å². The first-order valence-electron chi connectivity index (χ1n) is 8.85. The molecule has 1 aromatic heterocycles. The molecule has 0 unspecified atom stereocenters. The molecule has 1 heterocycles. The Balaban J connectivity index is 1.62. The number of carbonyl (C=O) groups excluding carboxylic acids is 1. The van der Waals surface area contributed by atoms with Gasteiger partial charge < -0.3 is 10.1 Å². The highest BCUT2D eigenvalue weighted by Crippen LogP contribution is 2.23. The second-order valence-corrected chi connectivity index (χ2v) is 6.95. The summed E-state index contributed by atoms with van der Waals surface area (Å²) in [6.45, 7) is 2.40. The van der Waals surface area contributed by atoms with Gasteiger partial charge in [-0.1, -0.05) is 37.6 Å². The highest BCUT2D eigenvalue weighted by Gasteiger charge is 2.13. The summed E-state index contributed by atoms with van der Waals surface area (Å²) in [7, 11) is 0. The molecule has 0 aliphatic rings. The zero-order valence-electron chi connectivity index (χ0n) is 15.1. The number of ether oxygens (including phenoxy) is 1. The normalized spacial score (nSPS) is 11.2. The molecule has 0 bridgehead atoms. The summed E-state index contributed by atoms with van der Waals surface area (Å²) in [5.74, 6) is -0.611. The number of benzene rings is 2. The maximum atomic E-state index is 14.6. The van der Waals surface area contributed by atoms with Crippen LogP contribution < -0.4 is 10.1 Å². The summed E-state index contributed by atoms with van der Waals surface area (Å²) in [4.78, 5) is 16.5. The Morgan fingerprint density at radius 2 is 2.19 bits per heavy atom. The summed E-state index contributed by atoms with van der Waals surface area (Å²) in [6.07, 6.45) is 5.85. The van der Waals surface area contributed by atoms with Crippen molar-refractivity contribution in [2.45, 2.75) is 26.2 Å². The van der Waals surface area contributed by atoms with Crippen molar-refractivity contribution in [2.75, 3.05) is 11.9 Å². The fraction of sp³-hybridized carbons (Fsp3) is 0.238. The van der Waals surface area contributed by atoms with Gasteiger partial charge in [-0.3, -0.25) is 4.79 Å². The van der Waals surface area contributed by atoms with Crippen LogP contribution in [-0.4, -0.2) is 17.5 Å². The lowest BCUT2D eigenvalue weighted by atomic mass is 10.1. The van der Waals surface area contributed by atoms with E-state index in [1.54, 1.807) is 29.8 Å². The van der Waals surface area contributed by atoms with Crippen molar-refractivity contribution in [3.8, 4) is 5.75 Å². The molecule has 3 rings (SSSR count). The molecule has 2 aromatic carbocycles. The number of rotatable bonds is 8. The summed E-state index contributed by atoms with van der Waals surface area (Å²) in [5.41, 5.74) is 3.63. The number of amides is 1. The van der Waals surface area contributed by atoms with Crippen LogP contribution in [0, 0.1) is 5.82 Å². The van der Waals surface area contributed by atoms with E-state index in [0.717, 1.165) is 23.1 Å². The maximum Gasteiger partial charge on any atom is 0.228 e. The van der Waals surface area contributed by atoms with Crippen LogP contribution in [0.1, 0.15) is 25.3 Å². The molecule has 0 saturated heterocycles. The molecule has 0 atom stereocenters. The lowest BCUT2D eigenvalue weighted by Gasteiger charge is -2.10. The third kappa shape index (κ3) is 5.14. The van der Waals surface area contributed by atoms with Gasteiger partial charge in [0.2, 0.25) is 5.91 Å². The van der Waals surface area contributed by atoms with E-state index >= 15 is 0 Å². The van der Waals surface area contributed by atoms with E-state index in [2.05, 4.69) is 17.2 Å². The summed E-state index contributed by atoms with van der Waals surface area (Å²) < 4.78 is 21.0. The number of hydrogen-bond donors (Lipinski definition) is 1. The molecule has 0 radical (unpaired) electrons. The van der Waals surface area contributed by atoms with E-state index in [-0.39, 0.29) is 18.1 Å². The monoisotopic (exact) mass is 384 g/mol. The first-order chi connectivity index (χ1) is 13.2. The zero-order chi connectivity index (χ0) is 19.1. The quantitative estimate of drug-likeness (QED) is 0.533. The number of nitrogens with one attached hydrogen (secondary N) is 1. The van der Waals surface area contributed by atoms with Gasteiger partial charge in [-0.2, -0.15) is 0 Å². The molecule has 0 fully saturated rings. The SMILES string of the molecule is CCC/C=C/COc1cccc(CC(=O)Nc2ccc3ncsc3c2)c1F. The highest BCUT2D eigenvalue weighted by molar-refractivity contribution is 7.16. The van der Waals surface area contributed by atoms with Crippen LogP contribution in [-0.2, 0) is 11.2 Å². The third-order valence-corrected chi connectivity index (χ3v) is 4.76. The standard InChI is InChI=1S/C21H21FN2O2S/c1-2-3-4-5-11-26-18-8-6-7-15(21(18)22)12-20(25)24-16-9-10-17-19(13-16)27-14-23-17/h4-10,13-14H,2-3,11-12H2,1H3,(H,24,25)/b5-4+. The number of aromatic nitrogens is 1. The molecular formula is C21H21FN2O2S. The van der Waals surface area contributed by atoms with Gasteiger partial charge >= 0.3 is 0 Å². The fourth-order valence-corrected chi connectivity index (χ4v) is 3.32. The van der Waals surface area contributed by atoms with E-state index in [1.807, 2.05) is 24.3 Å². The van der Waals surface area contributed by atoms with Crippen molar-refractivity contribution < 1.29 is 13.9 Å². The minimum absolute atomic E-state index is 0.0601. The molecule has 0 aliphatic heterocycles. The fourth-order valence-electron chi connectivity index (χ4n) is 2.61. The van der Waals surface area contributed by atoms with E-state index in [0.29, 0.717) is 17.9 Å². The molecule has 4 nitrogen and oxygen atoms in total. The predicted molar refractivity (Wildman–Crippen MR) is 108 cm³/mol. The summed E-state index contributed by atoms with van der Waals surface area (Å²) >= 11 is 1.50. The lowest BCUT2D eigenvalue weighted by molar-refractivity contribution is -0.115. The first-order valence-corrected chi connectivity index (χ1v) is 9.73. The van der Waals surface area contributed by atoms with Gasteiger partial charge in [-0.25, -0.2) is 9.37 Å². The molecular weight excluding hydrogens is 363 g/mol. The minimum Gasteiger partial charge on any atom is -0.486 e. The Kier molecular flexibility index (Phi) is 6.54. The number of halogens is 1. The van der Waals surface area contributed by atoms with E-state index in [1.165, 1.54) is 11.3 Å². The van der Waals surface area contributed by atoms with Gasteiger partial charge in [0.1, 0.15) is 6.61 Å². The number of fused-ring (bicyclic) bond motifs is 1. The van der Waals surface area contributed by atoms with E-state index in [4.69, 9.17) is 4.74 Å². The van der Waals surface area contributed by atoms with Gasteiger partial charge in [-0.05, 0) is 30.7 Å². The second kappa shape index (κ2) is 9.28. The Bertz CT molecular complexity index is 952. The van der Waals surface area contributed by atoms with Crippen LogP contribution in [0.5, 0.6) is 5.75 Å². The Morgan fingerprint density at radius 3 is 3.04 bits per heavy atom. The number of unbranched alkanes of at least 4 members (excludes halogenated alkanes) is 1. The van der Waals surface area contributed by atoms with Crippen LogP contribution >= 0.6 is 11.3 Å². The van der Waals surface area contributed by atoms with Gasteiger partial charge in [0.05, 0.1) is 22.1 Å². The number of anilines is 1. The molecule has 27 heavy (non-hydrogen) atoms. The van der Waals surface area contributed by atoms with Crippen molar-refractivity contribution in [2.24, 2.45) is 0 Å². The average molecular weight is 384 g/mol. The van der Waals surface area contributed by atoms with Crippen molar-refractivity contribution in [1.29, 1.82) is 0 Å². The summed E-state index contributed by atoms with van der Waals surface area (Å²) in [5, 5.41) is 2.81. The van der Waals surface area contributed by atoms with Crippen LogP contribution in [0.15, 0.2) is 54.1 Å². The van der Waals surface area contributed by atoms with Crippen molar-refractivity contribution >= 4 is 33.1 Å². The van der Waals surface area contributed by atoms with Crippen molar-refractivity contribution in [1.82, 2.24) is 4.98 Å². The molecule has 1 N–H and O–H groups in total. The largest absolute Gasteiger partial charge is 0.486 e. The second-order valence-electron chi connectivity index (χ2n) is 6.06. The average Bonchev–Trinajstić information content (AvgIpc) is 3.12. The molecule has 3 aromatic rings.